The number of rotatable bonds is 6. The summed E-state index contributed by atoms with van der Waals surface area (Å²) in [6.07, 6.45) is 0.280. The first-order chi connectivity index (χ1) is 12.0. The topological polar surface area (TPSA) is 85.1 Å². The normalized spacial score (nSPS) is 11.6. The van der Waals surface area contributed by atoms with Crippen LogP contribution in [0.4, 0.5) is 0 Å². The molecule has 1 aromatic heterocycles. The lowest BCUT2D eigenvalue weighted by atomic mass is 10.2. The molecule has 0 saturated carbocycles. The van der Waals surface area contributed by atoms with Crippen molar-refractivity contribution in [2.75, 3.05) is 6.54 Å². The molecule has 130 valence electrons. The Hall–Kier alpha value is -2.22. The second-order valence-corrected chi connectivity index (χ2v) is 7.63. The fraction of sp³-hybridized carbons (Fsp3) is 0.176. The van der Waals surface area contributed by atoms with Crippen LogP contribution in [0, 0.1) is 6.92 Å². The van der Waals surface area contributed by atoms with Crippen molar-refractivity contribution in [1.82, 2.24) is 14.9 Å². The van der Waals surface area contributed by atoms with Crippen LogP contribution in [0.25, 0.3) is 11.4 Å². The summed E-state index contributed by atoms with van der Waals surface area (Å²) >= 11 is 6.10. The summed E-state index contributed by atoms with van der Waals surface area (Å²) in [7, 11) is -3.57. The molecule has 0 bridgehead atoms. The summed E-state index contributed by atoms with van der Waals surface area (Å²) in [6, 6.07) is 13.9. The number of nitrogens with zero attached hydrogens (tertiary/aromatic N) is 2. The molecule has 0 atom stereocenters. The first kappa shape index (κ1) is 17.6. The zero-order valence-corrected chi connectivity index (χ0v) is 15.0. The number of nitrogens with one attached hydrogen (secondary N) is 1. The van der Waals surface area contributed by atoms with Crippen LogP contribution in [-0.2, 0) is 16.4 Å². The van der Waals surface area contributed by atoms with Crippen molar-refractivity contribution in [2.24, 2.45) is 0 Å². The van der Waals surface area contributed by atoms with Gasteiger partial charge in [-0.15, -0.1) is 0 Å². The van der Waals surface area contributed by atoms with Crippen molar-refractivity contribution in [3.8, 4) is 11.4 Å². The molecule has 6 nitrogen and oxygen atoms in total. The third-order valence-corrected chi connectivity index (χ3v) is 5.30. The predicted octanol–water partition coefficient (Wildman–Crippen LogP) is 3.22. The van der Waals surface area contributed by atoms with Gasteiger partial charge in [0.1, 0.15) is 0 Å². The molecule has 0 unspecified atom stereocenters. The minimum atomic E-state index is -3.57. The van der Waals surface area contributed by atoms with E-state index in [0.29, 0.717) is 22.3 Å². The number of halogens is 1. The van der Waals surface area contributed by atoms with Crippen molar-refractivity contribution in [3.63, 3.8) is 0 Å². The van der Waals surface area contributed by atoms with Gasteiger partial charge in [0, 0.05) is 18.5 Å². The summed E-state index contributed by atoms with van der Waals surface area (Å²) in [5.74, 6) is 0.712. The smallest absolute Gasteiger partial charge is 0.240 e. The van der Waals surface area contributed by atoms with Crippen LogP contribution in [0.15, 0.2) is 57.9 Å². The third kappa shape index (κ3) is 4.25. The molecular weight excluding hydrogens is 362 g/mol. The van der Waals surface area contributed by atoms with Gasteiger partial charge in [-0.25, -0.2) is 13.1 Å². The maximum absolute atomic E-state index is 12.3. The van der Waals surface area contributed by atoms with Crippen LogP contribution >= 0.6 is 11.6 Å². The molecule has 3 aromatic rings. The van der Waals surface area contributed by atoms with E-state index in [1.54, 1.807) is 30.3 Å². The van der Waals surface area contributed by atoms with Gasteiger partial charge in [0.05, 0.1) is 9.92 Å². The van der Waals surface area contributed by atoms with Crippen LogP contribution < -0.4 is 4.72 Å². The lowest BCUT2D eigenvalue weighted by Crippen LogP contribution is -2.26. The average Bonchev–Trinajstić information content (AvgIpc) is 3.04. The molecule has 0 aliphatic carbocycles. The van der Waals surface area contributed by atoms with Crippen molar-refractivity contribution in [1.29, 1.82) is 0 Å². The highest BCUT2D eigenvalue weighted by atomic mass is 35.5. The number of aryl methyl sites for hydroxylation is 1. The summed E-state index contributed by atoms with van der Waals surface area (Å²) < 4.78 is 32.2. The molecule has 25 heavy (non-hydrogen) atoms. The molecule has 3 rings (SSSR count). The molecule has 0 radical (unpaired) electrons. The van der Waals surface area contributed by atoms with E-state index in [-0.39, 0.29) is 17.9 Å². The Kier molecular flexibility index (Phi) is 5.17. The molecule has 0 fully saturated rings. The maximum atomic E-state index is 12.3. The molecule has 1 N–H and O–H groups in total. The van der Waals surface area contributed by atoms with Gasteiger partial charge < -0.3 is 4.52 Å². The van der Waals surface area contributed by atoms with Gasteiger partial charge in [0.25, 0.3) is 0 Å². The highest BCUT2D eigenvalue weighted by molar-refractivity contribution is 7.89. The first-order valence-electron chi connectivity index (χ1n) is 7.59. The number of aromatic nitrogens is 2. The Morgan fingerprint density at radius 3 is 2.72 bits per heavy atom. The number of benzene rings is 2. The van der Waals surface area contributed by atoms with Gasteiger partial charge in [-0.3, -0.25) is 0 Å². The second kappa shape index (κ2) is 7.35. The van der Waals surface area contributed by atoms with E-state index in [4.69, 9.17) is 16.1 Å². The molecule has 8 heteroatoms. The molecule has 0 saturated heterocycles. The van der Waals surface area contributed by atoms with E-state index in [0.717, 1.165) is 5.56 Å². The van der Waals surface area contributed by atoms with E-state index >= 15 is 0 Å². The molecule has 0 amide bonds. The summed E-state index contributed by atoms with van der Waals surface area (Å²) in [6.45, 7) is 1.99. The number of hydrogen-bond acceptors (Lipinski definition) is 5. The van der Waals surface area contributed by atoms with Crippen LogP contribution in [0.3, 0.4) is 0 Å². The predicted molar refractivity (Wildman–Crippen MR) is 94.8 cm³/mol. The lowest BCUT2D eigenvalue weighted by molar-refractivity contribution is 0.379. The molecular formula is C17H16ClN3O3S. The quantitative estimate of drug-likeness (QED) is 0.712. The van der Waals surface area contributed by atoms with Crippen molar-refractivity contribution < 1.29 is 12.9 Å². The lowest BCUT2D eigenvalue weighted by Gasteiger charge is -2.06. The van der Waals surface area contributed by atoms with E-state index in [1.807, 2.05) is 25.1 Å². The minimum absolute atomic E-state index is 0.153. The van der Waals surface area contributed by atoms with Gasteiger partial charge in [-0.1, -0.05) is 41.0 Å². The Morgan fingerprint density at radius 1 is 1.16 bits per heavy atom. The van der Waals surface area contributed by atoms with E-state index in [9.17, 15) is 8.42 Å². The van der Waals surface area contributed by atoms with Crippen LogP contribution in [0.2, 0.25) is 5.02 Å². The average molecular weight is 378 g/mol. The van der Waals surface area contributed by atoms with Crippen molar-refractivity contribution >= 4 is 21.6 Å². The van der Waals surface area contributed by atoms with Crippen LogP contribution in [-0.4, -0.2) is 25.1 Å². The van der Waals surface area contributed by atoms with Gasteiger partial charge in [0.2, 0.25) is 21.7 Å². The van der Waals surface area contributed by atoms with Gasteiger partial charge in [0.15, 0.2) is 0 Å². The molecule has 0 spiro atoms. The number of sulfonamides is 1. The standard InChI is InChI=1S/C17H16ClN3O3S/c1-12-5-4-6-13(11-12)25(22,23)19-10-9-16-20-17(21-24-16)14-7-2-3-8-15(14)18/h2-8,11,19H,9-10H2,1H3. The fourth-order valence-electron chi connectivity index (χ4n) is 2.27. The van der Waals surface area contributed by atoms with Crippen LogP contribution in [0.5, 0.6) is 0 Å². The minimum Gasteiger partial charge on any atom is -0.339 e. The summed E-state index contributed by atoms with van der Waals surface area (Å²) in [5, 5.41) is 4.41. The summed E-state index contributed by atoms with van der Waals surface area (Å²) in [5.41, 5.74) is 1.55. The molecule has 0 aliphatic heterocycles. The monoisotopic (exact) mass is 377 g/mol. The zero-order chi connectivity index (χ0) is 17.9. The molecule has 2 aromatic carbocycles. The van der Waals surface area contributed by atoms with E-state index < -0.39 is 10.0 Å². The van der Waals surface area contributed by atoms with Gasteiger partial charge >= 0.3 is 0 Å². The Balaban J connectivity index is 1.64. The van der Waals surface area contributed by atoms with Gasteiger partial charge in [-0.2, -0.15) is 4.98 Å². The highest BCUT2D eigenvalue weighted by Crippen LogP contribution is 2.24. The van der Waals surface area contributed by atoms with Crippen molar-refractivity contribution in [3.05, 3.63) is 65.0 Å². The Labute approximate surface area is 150 Å². The first-order valence-corrected chi connectivity index (χ1v) is 9.46. The molecule has 1 heterocycles. The van der Waals surface area contributed by atoms with E-state index in [2.05, 4.69) is 14.9 Å². The van der Waals surface area contributed by atoms with Crippen LogP contribution in [0.1, 0.15) is 11.5 Å². The largest absolute Gasteiger partial charge is 0.339 e. The van der Waals surface area contributed by atoms with Gasteiger partial charge in [-0.05, 0) is 36.8 Å². The third-order valence-electron chi connectivity index (χ3n) is 3.51. The maximum Gasteiger partial charge on any atom is 0.240 e. The summed E-state index contributed by atoms with van der Waals surface area (Å²) in [4.78, 5) is 4.48. The fourth-order valence-corrected chi connectivity index (χ4v) is 3.62. The Morgan fingerprint density at radius 2 is 1.96 bits per heavy atom. The Bertz CT molecular complexity index is 986. The zero-order valence-electron chi connectivity index (χ0n) is 13.4. The van der Waals surface area contributed by atoms with Crippen molar-refractivity contribution in [2.45, 2.75) is 18.2 Å². The SMILES string of the molecule is Cc1cccc(S(=O)(=O)NCCc2nc(-c3ccccc3Cl)no2)c1. The number of hydrogen-bond donors (Lipinski definition) is 1. The van der Waals surface area contributed by atoms with E-state index in [1.165, 1.54) is 0 Å². The highest BCUT2D eigenvalue weighted by Gasteiger charge is 2.15. The second-order valence-electron chi connectivity index (χ2n) is 5.46. The molecule has 0 aliphatic rings.